The SMILES string of the molecule is CN1CCN(c2ccc(Nc3nc(N[C@H]4CCN(S(=O)(=O)C5CC5)C4)c4c(C(=O)c5ccccc5)c[nH]c4n3)cc2)CC1. The van der Waals surface area contributed by atoms with E-state index in [9.17, 15) is 13.2 Å². The lowest BCUT2D eigenvalue weighted by Gasteiger charge is -2.34. The number of benzene rings is 2. The molecule has 1 saturated carbocycles. The number of H-pyrrole nitrogens is 1. The Kier molecular flexibility index (Phi) is 7.28. The van der Waals surface area contributed by atoms with Crippen LogP contribution in [0.5, 0.6) is 0 Å². The second-order valence-corrected chi connectivity index (χ2v) is 13.9. The maximum atomic E-state index is 13.5. The Morgan fingerprint density at radius 1 is 0.930 bits per heavy atom. The molecule has 0 bridgehead atoms. The number of sulfonamides is 1. The normalized spacial score (nSPS) is 20.0. The summed E-state index contributed by atoms with van der Waals surface area (Å²) in [5.74, 6) is 0.740. The summed E-state index contributed by atoms with van der Waals surface area (Å²) < 4.78 is 27.3. The Labute approximate surface area is 251 Å². The van der Waals surface area contributed by atoms with Gasteiger partial charge >= 0.3 is 0 Å². The molecule has 2 aromatic heterocycles. The number of piperazine rings is 1. The maximum Gasteiger partial charge on any atom is 0.231 e. The van der Waals surface area contributed by atoms with Gasteiger partial charge in [0.2, 0.25) is 16.0 Å². The van der Waals surface area contributed by atoms with Crippen molar-refractivity contribution >= 4 is 50.0 Å². The minimum atomic E-state index is -3.26. The zero-order valence-corrected chi connectivity index (χ0v) is 25.0. The number of nitrogens with one attached hydrogen (secondary N) is 3. The Morgan fingerprint density at radius 2 is 1.67 bits per heavy atom. The van der Waals surface area contributed by atoms with E-state index in [0.717, 1.165) is 44.7 Å². The summed E-state index contributed by atoms with van der Waals surface area (Å²) in [4.78, 5) is 31.0. The predicted octanol–water partition coefficient (Wildman–Crippen LogP) is 3.66. The Balaban J connectivity index is 1.17. The van der Waals surface area contributed by atoms with E-state index < -0.39 is 10.0 Å². The minimum Gasteiger partial charge on any atom is -0.369 e. The van der Waals surface area contributed by atoms with Crippen molar-refractivity contribution in [3.8, 4) is 0 Å². The summed E-state index contributed by atoms with van der Waals surface area (Å²) in [6.45, 7) is 4.91. The van der Waals surface area contributed by atoms with Gasteiger partial charge in [-0.05, 0) is 50.6 Å². The number of aromatic amines is 1. The van der Waals surface area contributed by atoms with Gasteiger partial charge in [-0.3, -0.25) is 4.79 Å². The van der Waals surface area contributed by atoms with E-state index in [0.29, 0.717) is 53.4 Å². The number of carbonyl (C=O) groups excluding carboxylic acids is 1. The molecule has 3 aliphatic rings. The molecule has 3 N–H and O–H groups in total. The van der Waals surface area contributed by atoms with Gasteiger partial charge in [0.15, 0.2) is 5.78 Å². The van der Waals surface area contributed by atoms with Crippen LogP contribution in [-0.4, -0.2) is 96.0 Å². The van der Waals surface area contributed by atoms with Crippen molar-refractivity contribution in [3.05, 3.63) is 71.9 Å². The highest BCUT2D eigenvalue weighted by atomic mass is 32.2. The lowest BCUT2D eigenvalue weighted by molar-refractivity contribution is 0.104. The molecule has 2 aliphatic heterocycles. The monoisotopic (exact) mass is 600 g/mol. The molecule has 12 heteroatoms. The number of rotatable bonds is 9. The third-order valence-corrected chi connectivity index (χ3v) is 11.0. The molecule has 0 amide bonds. The molecule has 2 saturated heterocycles. The van der Waals surface area contributed by atoms with Crippen molar-refractivity contribution in [2.75, 3.05) is 61.8 Å². The number of hydrogen-bond donors (Lipinski definition) is 3. The van der Waals surface area contributed by atoms with E-state index in [1.54, 1.807) is 22.6 Å². The number of hydrogen-bond acceptors (Lipinski definition) is 9. The highest BCUT2D eigenvalue weighted by Crippen LogP contribution is 2.34. The third kappa shape index (κ3) is 5.69. The lowest BCUT2D eigenvalue weighted by atomic mass is 10.0. The number of nitrogens with zero attached hydrogens (tertiary/aromatic N) is 5. The van der Waals surface area contributed by atoms with Crippen molar-refractivity contribution in [1.29, 1.82) is 0 Å². The molecule has 0 radical (unpaired) electrons. The largest absolute Gasteiger partial charge is 0.369 e. The molecule has 7 rings (SSSR count). The van der Waals surface area contributed by atoms with Crippen LogP contribution in [0, 0.1) is 0 Å². The maximum absolute atomic E-state index is 13.5. The summed E-state index contributed by atoms with van der Waals surface area (Å²) in [6, 6.07) is 17.2. The van der Waals surface area contributed by atoms with E-state index >= 15 is 0 Å². The van der Waals surface area contributed by atoms with Gasteiger partial charge in [0.25, 0.3) is 0 Å². The third-order valence-electron chi connectivity index (χ3n) is 8.60. The topological polar surface area (TPSA) is 127 Å². The van der Waals surface area contributed by atoms with Gasteiger partial charge in [0.1, 0.15) is 11.5 Å². The average molecular weight is 601 g/mol. The molecule has 0 unspecified atom stereocenters. The molecule has 3 fully saturated rings. The number of ketones is 1. The van der Waals surface area contributed by atoms with Crippen molar-refractivity contribution < 1.29 is 13.2 Å². The van der Waals surface area contributed by atoms with E-state index in [1.165, 1.54) is 5.69 Å². The molecule has 224 valence electrons. The van der Waals surface area contributed by atoms with E-state index in [4.69, 9.17) is 9.97 Å². The Hall–Kier alpha value is -4.00. The highest BCUT2D eigenvalue weighted by Gasteiger charge is 2.42. The number of aromatic nitrogens is 3. The molecule has 0 spiro atoms. The van der Waals surface area contributed by atoms with Crippen LogP contribution >= 0.6 is 0 Å². The fourth-order valence-corrected chi connectivity index (χ4v) is 7.82. The van der Waals surface area contributed by atoms with Crippen LogP contribution in [-0.2, 0) is 10.0 Å². The van der Waals surface area contributed by atoms with Gasteiger partial charge in [-0.25, -0.2) is 8.42 Å². The molecule has 11 nitrogen and oxygen atoms in total. The van der Waals surface area contributed by atoms with Crippen LogP contribution in [0.3, 0.4) is 0 Å². The number of carbonyl (C=O) groups is 1. The van der Waals surface area contributed by atoms with Crippen LogP contribution in [0.1, 0.15) is 35.2 Å². The first-order valence-electron chi connectivity index (χ1n) is 14.9. The lowest BCUT2D eigenvalue weighted by Crippen LogP contribution is -2.44. The first-order chi connectivity index (χ1) is 20.8. The molecule has 4 heterocycles. The summed E-state index contributed by atoms with van der Waals surface area (Å²) in [5.41, 5.74) is 3.58. The first-order valence-corrected chi connectivity index (χ1v) is 16.4. The van der Waals surface area contributed by atoms with Crippen LogP contribution in [0.4, 0.5) is 23.1 Å². The number of anilines is 4. The van der Waals surface area contributed by atoms with Gasteiger partial charge < -0.3 is 25.4 Å². The molecule has 1 aliphatic carbocycles. The Bertz CT molecular complexity index is 1730. The first kappa shape index (κ1) is 27.8. The molecule has 1 atom stereocenters. The summed E-state index contributed by atoms with van der Waals surface area (Å²) in [7, 11) is -1.11. The van der Waals surface area contributed by atoms with Gasteiger partial charge in [-0.15, -0.1) is 0 Å². The zero-order chi connectivity index (χ0) is 29.6. The summed E-state index contributed by atoms with van der Waals surface area (Å²) in [6.07, 6.45) is 3.81. The predicted molar refractivity (Wildman–Crippen MR) is 169 cm³/mol. The second kappa shape index (κ2) is 11.3. The zero-order valence-electron chi connectivity index (χ0n) is 24.2. The fourth-order valence-electron chi connectivity index (χ4n) is 5.91. The van der Waals surface area contributed by atoms with Crippen LogP contribution in [0.15, 0.2) is 60.8 Å². The molecule has 4 aromatic rings. The van der Waals surface area contributed by atoms with Gasteiger partial charge in [0, 0.05) is 68.4 Å². The number of likely N-dealkylation sites (N-methyl/N-ethyl adjacent to an activating group) is 1. The smallest absolute Gasteiger partial charge is 0.231 e. The van der Waals surface area contributed by atoms with Crippen LogP contribution in [0.2, 0.25) is 0 Å². The van der Waals surface area contributed by atoms with Gasteiger partial charge in [-0.2, -0.15) is 14.3 Å². The minimum absolute atomic E-state index is 0.136. The van der Waals surface area contributed by atoms with Crippen LogP contribution in [0.25, 0.3) is 11.0 Å². The van der Waals surface area contributed by atoms with E-state index in [1.807, 2.05) is 30.3 Å². The standard InChI is InChI=1S/C31H36N8O3S/c1-37-15-17-38(18-16-37)24-9-7-22(8-10-24)34-31-35-29-27(26(19-32-29)28(40)21-5-3-2-4-6-21)30(36-31)33-23-13-14-39(20-23)43(41,42)25-11-12-25/h2-10,19,23,25H,11-18,20H2,1H3,(H3,32,33,34,35,36)/t23-/m0/s1. The molecule has 43 heavy (non-hydrogen) atoms. The Morgan fingerprint density at radius 3 is 2.40 bits per heavy atom. The van der Waals surface area contributed by atoms with Crippen molar-refractivity contribution in [2.24, 2.45) is 0 Å². The van der Waals surface area contributed by atoms with Crippen molar-refractivity contribution in [3.63, 3.8) is 0 Å². The molecular weight excluding hydrogens is 564 g/mol. The highest BCUT2D eigenvalue weighted by molar-refractivity contribution is 7.90. The quantitative estimate of drug-likeness (QED) is 0.247. The van der Waals surface area contributed by atoms with Gasteiger partial charge in [-0.1, -0.05) is 30.3 Å². The van der Waals surface area contributed by atoms with Crippen molar-refractivity contribution in [2.45, 2.75) is 30.6 Å². The molecule has 2 aromatic carbocycles. The van der Waals surface area contributed by atoms with Crippen molar-refractivity contribution in [1.82, 2.24) is 24.2 Å². The molecular formula is C31H36N8O3S. The van der Waals surface area contributed by atoms with E-state index in [-0.39, 0.29) is 17.1 Å². The van der Waals surface area contributed by atoms with Crippen LogP contribution < -0.4 is 15.5 Å². The fraction of sp³-hybridized carbons (Fsp3) is 0.387. The van der Waals surface area contributed by atoms with Gasteiger partial charge in [0.05, 0.1) is 16.2 Å². The van der Waals surface area contributed by atoms with E-state index in [2.05, 4.69) is 44.6 Å². The summed E-state index contributed by atoms with van der Waals surface area (Å²) >= 11 is 0. The number of fused-ring (bicyclic) bond motifs is 1. The second-order valence-electron chi connectivity index (χ2n) is 11.7. The average Bonchev–Trinajstić information content (AvgIpc) is 3.64. The summed E-state index contributed by atoms with van der Waals surface area (Å²) in [5, 5.41) is 7.16.